The fourth-order valence-electron chi connectivity index (χ4n) is 2.83. The highest BCUT2D eigenvalue weighted by molar-refractivity contribution is 7.71. The number of imidazole rings is 1. The molecule has 1 aromatic carbocycles. The van der Waals surface area contributed by atoms with E-state index >= 15 is 0 Å². The van der Waals surface area contributed by atoms with Crippen LogP contribution in [0.25, 0.3) is 11.0 Å². The van der Waals surface area contributed by atoms with Crippen molar-refractivity contribution in [3.8, 4) is 0 Å². The van der Waals surface area contributed by atoms with Crippen LogP contribution in [0, 0.1) is 4.77 Å². The van der Waals surface area contributed by atoms with Crippen molar-refractivity contribution >= 4 is 46.5 Å². The number of halogens is 2. The summed E-state index contributed by atoms with van der Waals surface area (Å²) in [5.41, 5.74) is 1.98. The number of H-pyrrole nitrogens is 1. The molecule has 20 heavy (non-hydrogen) atoms. The molecule has 0 radical (unpaired) electrons. The number of aromatic nitrogens is 2. The average Bonchev–Trinajstić information content (AvgIpc) is 3.01. The molecule has 1 aliphatic heterocycles. The van der Waals surface area contributed by atoms with E-state index in [4.69, 9.17) is 35.4 Å². The smallest absolute Gasteiger partial charge is 0.178 e. The summed E-state index contributed by atoms with van der Waals surface area (Å²) in [5.74, 6) is 0. The number of hydrogen-bond acceptors (Lipinski definition) is 2. The van der Waals surface area contributed by atoms with Gasteiger partial charge >= 0.3 is 0 Å². The van der Waals surface area contributed by atoms with Crippen LogP contribution in [-0.4, -0.2) is 34.1 Å². The molecule has 3 nitrogen and oxygen atoms in total. The fourth-order valence-corrected chi connectivity index (χ4v) is 3.45. The zero-order valence-electron chi connectivity index (χ0n) is 11.2. The van der Waals surface area contributed by atoms with Gasteiger partial charge in [0.1, 0.15) is 0 Å². The second kappa shape index (κ2) is 6.06. The average molecular weight is 330 g/mol. The van der Waals surface area contributed by atoms with E-state index in [1.165, 1.54) is 25.9 Å². The number of nitrogens with one attached hydrogen (secondary N) is 1. The summed E-state index contributed by atoms with van der Waals surface area (Å²) in [6.07, 6.45) is 3.77. The van der Waals surface area contributed by atoms with E-state index in [0.29, 0.717) is 10.0 Å². The maximum Gasteiger partial charge on any atom is 0.178 e. The first-order valence-corrected chi connectivity index (χ1v) is 8.11. The molecule has 0 unspecified atom stereocenters. The minimum Gasteiger partial charge on any atom is -0.331 e. The van der Waals surface area contributed by atoms with E-state index in [0.717, 1.165) is 35.3 Å². The Kier molecular flexibility index (Phi) is 4.36. The van der Waals surface area contributed by atoms with Gasteiger partial charge in [0.25, 0.3) is 0 Å². The third-order valence-corrected chi connectivity index (χ3v) is 4.92. The predicted octanol–water partition coefficient (Wildman–Crippen LogP) is 4.49. The van der Waals surface area contributed by atoms with Gasteiger partial charge in [-0.25, -0.2) is 0 Å². The van der Waals surface area contributed by atoms with Crippen LogP contribution in [0.15, 0.2) is 12.1 Å². The second-order valence-electron chi connectivity index (χ2n) is 5.27. The van der Waals surface area contributed by atoms with Crippen molar-refractivity contribution in [3.63, 3.8) is 0 Å². The van der Waals surface area contributed by atoms with E-state index < -0.39 is 0 Å². The molecule has 2 aromatic rings. The SMILES string of the molecule is S=c1[nH]c2cc(Cl)c(Cl)cc2n1CCCN1CCCC1. The van der Waals surface area contributed by atoms with Gasteiger partial charge in [-0.2, -0.15) is 0 Å². The van der Waals surface area contributed by atoms with Crippen LogP contribution in [0.1, 0.15) is 19.3 Å². The minimum absolute atomic E-state index is 0.555. The maximum absolute atomic E-state index is 6.11. The van der Waals surface area contributed by atoms with Gasteiger partial charge in [0, 0.05) is 6.54 Å². The third-order valence-electron chi connectivity index (χ3n) is 3.87. The summed E-state index contributed by atoms with van der Waals surface area (Å²) >= 11 is 17.5. The lowest BCUT2D eigenvalue weighted by molar-refractivity contribution is 0.326. The highest BCUT2D eigenvalue weighted by atomic mass is 35.5. The Morgan fingerprint density at radius 2 is 1.80 bits per heavy atom. The van der Waals surface area contributed by atoms with Gasteiger partial charge in [0.05, 0.1) is 21.1 Å². The van der Waals surface area contributed by atoms with Crippen molar-refractivity contribution in [1.82, 2.24) is 14.5 Å². The largest absolute Gasteiger partial charge is 0.331 e. The van der Waals surface area contributed by atoms with Crippen LogP contribution in [0.5, 0.6) is 0 Å². The van der Waals surface area contributed by atoms with Gasteiger partial charge in [0.2, 0.25) is 0 Å². The number of aromatic amines is 1. The van der Waals surface area contributed by atoms with Gasteiger partial charge in [-0.1, -0.05) is 23.2 Å². The Bertz CT molecular complexity index is 671. The van der Waals surface area contributed by atoms with E-state index in [2.05, 4.69) is 14.5 Å². The third kappa shape index (κ3) is 2.89. The molecular formula is C14H17Cl2N3S. The molecule has 2 heterocycles. The van der Waals surface area contributed by atoms with Crippen LogP contribution >= 0.6 is 35.4 Å². The van der Waals surface area contributed by atoms with Gasteiger partial charge in [-0.15, -0.1) is 0 Å². The van der Waals surface area contributed by atoms with Crippen LogP contribution in [0.2, 0.25) is 10.0 Å². The molecule has 1 saturated heterocycles. The Hall–Kier alpha value is -0.550. The minimum atomic E-state index is 0.555. The molecule has 0 aliphatic carbocycles. The standard InChI is InChI=1S/C14H17Cl2N3S/c15-10-8-12-13(9-11(10)16)19(14(20)17-12)7-3-6-18-4-1-2-5-18/h8-9H,1-7H2,(H,17,20). The highest BCUT2D eigenvalue weighted by Gasteiger charge is 2.12. The summed E-state index contributed by atoms with van der Waals surface area (Å²) in [6, 6.07) is 3.73. The van der Waals surface area contributed by atoms with Crippen molar-refractivity contribution in [3.05, 3.63) is 26.9 Å². The van der Waals surface area contributed by atoms with Crippen LogP contribution in [-0.2, 0) is 6.54 Å². The molecule has 0 saturated carbocycles. The van der Waals surface area contributed by atoms with Crippen molar-refractivity contribution < 1.29 is 0 Å². The van der Waals surface area contributed by atoms with E-state index in [1.54, 1.807) is 0 Å². The number of benzene rings is 1. The number of rotatable bonds is 4. The summed E-state index contributed by atoms with van der Waals surface area (Å²) in [4.78, 5) is 5.71. The molecule has 3 rings (SSSR count). The van der Waals surface area contributed by atoms with Gasteiger partial charge in [0.15, 0.2) is 4.77 Å². The number of likely N-dealkylation sites (tertiary alicyclic amines) is 1. The first-order chi connectivity index (χ1) is 9.65. The first kappa shape index (κ1) is 14.4. The second-order valence-corrected chi connectivity index (χ2v) is 6.47. The molecule has 6 heteroatoms. The van der Waals surface area contributed by atoms with Crippen LogP contribution < -0.4 is 0 Å². The molecule has 1 fully saturated rings. The van der Waals surface area contributed by atoms with Crippen molar-refractivity contribution in [2.24, 2.45) is 0 Å². The van der Waals surface area contributed by atoms with Crippen molar-refractivity contribution in [2.75, 3.05) is 19.6 Å². The molecule has 0 atom stereocenters. The summed E-state index contributed by atoms with van der Waals surface area (Å²) in [7, 11) is 0. The molecule has 1 aromatic heterocycles. The summed E-state index contributed by atoms with van der Waals surface area (Å²) in [6.45, 7) is 4.52. The number of hydrogen-bond donors (Lipinski definition) is 1. The molecule has 108 valence electrons. The molecule has 0 bridgehead atoms. The Morgan fingerprint density at radius 1 is 1.10 bits per heavy atom. The normalized spacial score (nSPS) is 16.3. The lowest BCUT2D eigenvalue weighted by atomic mass is 10.3. The Morgan fingerprint density at radius 3 is 2.55 bits per heavy atom. The lowest BCUT2D eigenvalue weighted by Crippen LogP contribution is -2.21. The molecular weight excluding hydrogens is 313 g/mol. The lowest BCUT2D eigenvalue weighted by Gasteiger charge is -2.14. The Labute approximate surface area is 133 Å². The van der Waals surface area contributed by atoms with Crippen LogP contribution in [0.4, 0.5) is 0 Å². The van der Waals surface area contributed by atoms with E-state index in [9.17, 15) is 0 Å². The zero-order chi connectivity index (χ0) is 14.1. The van der Waals surface area contributed by atoms with Crippen molar-refractivity contribution in [1.29, 1.82) is 0 Å². The molecule has 0 amide bonds. The van der Waals surface area contributed by atoms with Gasteiger partial charge in [-0.3, -0.25) is 0 Å². The number of nitrogens with zero attached hydrogens (tertiary/aromatic N) is 2. The zero-order valence-corrected chi connectivity index (χ0v) is 13.5. The predicted molar refractivity (Wildman–Crippen MR) is 87.4 cm³/mol. The van der Waals surface area contributed by atoms with Gasteiger partial charge < -0.3 is 14.5 Å². The first-order valence-electron chi connectivity index (χ1n) is 6.95. The summed E-state index contributed by atoms with van der Waals surface area (Å²) < 4.78 is 2.85. The van der Waals surface area contributed by atoms with Crippen molar-refractivity contribution in [2.45, 2.75) is 25.8 Å². The molecule has 1 aliphatic rings. The molecule has 0 spiro atoms. The van der Waals surface area contributed by atoms with Gasteiger partial charge in [-0.05, 0) is 63.2 Å². The maximum atomic E-state index is 6.11. The summed E-state index contributed by atoms with van der Waals surface area (Å²) in [5, 5.41) is 1.13. The fraction of sp³-hybridized carbons (Fsp3) is 0.500. The van der Waals surface area contributed by atoms with Crippen LogP contribution in [0.3, 0.4) is 0 Å². The molecule has 1 N–H and O–H groups in total. The Balaban J connectivity index is 1.78. The van der Waals surface area contributed by atoms with E-state index in [-0.39, 0.29) is 0 Å². The quantitative estimate of drug-likeness (QED) is 0.835. The van der Waals surface area contributed by atoms with E-state index in [1.807, 2.05) is 12.1 Å². The number of fused-ring (bicyclic) bond motifs is 1. The monoisotopic (exact) mass is 329 g/mol. The topological polar surface area (TPSA) is 24.0 Å². The number of aryl methyl sites for hydroxylation is 1. The highest BCUT2D eigenvalue weighted by Crippen LogP contribution is 2.27.